The Morgan fingerprint density at radius 1 is 1.37 bits per heavy atom. The van der Waals surface area contributed by atoms with E-state index in [1.165, 1.54) is 12.8 Å². The molecule has 0 spiro atoms. The Morgan fingerprint density at radius 3 is 2.63 bits per heavy atom. The van der Waals surface area contributed by atoms with Crippen LogP contribution in [0, 0.1) is 13.8 Å². The minimum absolute atomic E-state index is 0.129. The highest BCUT2D eigenvalue weighted by atomic mass is 16.5. The predicted molar refractivity (Wildman–Crippen MR) is 72.7 cm³/mol. The standard InChI is InChI=1S/C13H22N4O2/c1-10-13(14)11(2)17(15-10)9-12(18)19-8-7-16-5-3-4-6-16/h3-9,14H2,1-2H3. The van der Waals surface area contributed by atoms with Crippen molar-refractivity contribution in [1.82, 2.24) is 14.7 Å². The van der Waals surface area contributed by atoms with E-state index < -0.39 is 0 Å². The highest BCUT2D eigenvalue weighted by Crippen LogP contribution is 2.14. The maximum atomic E-state index is 11.7. The van der Waals surface area contributed by atoms with Crippen molar-refractivity contribution in [2.45, 2.75) is 33.2 Å². The number of anilines is 1. The Balaban J connectivity index is 1.75. The van der Waals surface area contributed by atoms with Gasteiger partial charge in [-0.3, -0.25) is 14.4 Å². The van der Waals surface area contributed by atoms with Crippen LogP contribution in [-0.4, -0.2) is 46.9 Å². The van der Waals surface area contributed by atoms with Gasteiger partial charge in [0.2, 0.25) is 0 Å². The largest absolute Gasteiger partial charge is 0.463 e. The summed E-state index contributed by atoms with van der Waals surface area (Å²) in [7, 11) is 0. The molecule has 1 aliphatic heterocycles. The summed E-state index contributed by atoms with van der Waals surface area (Å²) < 4.78 is 6.83. The first kappa shape index (κ1) is 13.9. The van der Waals surface area contributed by atoms with Crippen LogP contribution in [0.4, 0.5) is 5.69 Å². The fraction of sp³-hybridized carbons (Fsp3) is 0.692. The summed E-state index contributed by atoms with van der Waals surface area (Å²) in [5.74, 6) is -0.259. The Hall–Kier alpha value is -1.56. The molecule has 0 bridgehead atoms. The van der Waals surface area contributed by atoms with Crippen LogP contribution in [0.5, 0.6) is 0 Å². The topological polar surface area (TPSA) is 73.4 Å². The molecule has 2 heterocycles. The number of carbonyl (C=O) groups excluding carboxylic acids is 1. The van der Waals surface area contributed by atoms with Gasteiger partial charge in [0.1, 0.15) is 13.2 Å². The van der Waals surface area contributed by atoms with Gasteiger partial charge in [0, 0.05) is 6.54 Å². The molecule has 106 valence electrons. The highest BCUT2D eigenvalue weighted by Gasteiger charge is 2.14. The molecule has 2 rings (SSSR count). The number of likely N-dealkylation sites (tertiary alicyclic amines) is 1. The van der Waals surface area contributed by atoms with Crippen LogP contribution in [-0.2, 0) is 16.1 Å². The molecule has 0 radical (unpaired) electrons. The number of hydrogen-bond donors (Lipinski definition) is 1. The minimum atomic E-state index is -0.259. The average molecular weight is 266 g/mol. The first-order valence-electron chi connectivity index (χ1n) is 6.75. The second-order valence-electron chi connectivity index (χ2n) is 5.01. The molecule has 1 aliphatic rings. The first-order chi connectivity index (χ1) is 9.08. The van der Waals surface area contributed by atoms with Crippen molar-refractivity contribution in [3.05, 3.63) is 11.4 Å². The van der Waals surface area contributed by atoms with E-state index in [1.807, 2.05) is 13.8 Å². The van der Waals surface area contributed by atoms with E-state index in [9.17, 15) is 4.79 Å². The molecule has 0 atom stereocenters. The maximum absolute atomic E-state index is 11.7. The Labute approximate surface area is 113 Å². The number of nitrogen functional groups attached to an aromatic ring is 1. The van der Waals surface area contributed by atoms with E-state index >= 15 is 0 Å². The van der Waals surface area contributed by atoms with Crippen molar-refractivity contribution in [2.24, 2.45) is 0 Å². The number of ether oxygens (including phenoxy) is 1. The van der Waals surface area contributed by atoms with Crippen LogP contribution >= 0.6 is 0 Å². The van der Waals surface area contributed by atoms with Gasteiger partial charge in [-0.2, -0.15) is 5.10 Å². The lowest BCUT2D eigenvalue weighted by Gasteiger charge is -2.14. The molecule has 1 aromatic rings. The fourth-order valence-electron chi connectivity index (χ4n) is 2.33. The van der Waals surface area contributed by atoms with Crippen LogP contribution < -0.4 is 5.73 Å². The lowest BCUT2D eigenvalue weighted by molar-refractivity contribution is -0.145. The van der Waals surface area contributed by atoms with Gasteiger partial charge in [-0.05, 0) is 39.8 Å². The van der Waals surface area contributed by atoms with Crippen LogP contribution in [0.1, 0.15) is 24.2 Å². The number of hydrogen-bond acceptors (Lipinski definition) is 5. The molecule has 0 aliphatic carbocycles. The fourth-order valence-corrected chi connectivity index (χ4v) is 2.33. The van der Waals surface area contributed by atoms with Crippen LogP contribution in [0.2, 0.25) is 0 Å². The molecular formula is C13H22N4O2. The Kier molecular flexibility index (Phi) is 4.42. The van der Waals surface area contributed by atoms with Crippen molar-refractivity contribution in [1.29, 1.82) is 0 Å². The molecule has 0 amide bonds. The van der Waals surface area contributed by atoms with Gasteiger partial charge in [-0.25, -0.2) is 0 Å². The molecule has 6 heteroatoms. The second kappa shape index (κ2) is 6.06. The number of aryl methyl sites for hydroxylation is 1. The van der Waals surface area contributed by atoms with E-state index in [1.54, 1.807) is 4.68 Å². The molecule has 19 heavy (non-hydrogen) atoms. The first-order valence-corrected chi connectivity index (χ1v) is 6.75. The van der Waals surface area contributed by atoms with Crippen LogP contribution in [0.15, 0.2) is 0 Å². The molecule has 0 unspecified atom stereocenters. The lowest BCUT2D eigenvalue weighted by Crippen LogP contribution is -2.26. The molecular weight excluding hydrogens is 244 g/mol. The maximum Gasteiger partial charge on any atom is 0.327 e. The summed E-state index contributed by atoms with van der Waals surface area (Å²) in [6.07, 6.45) is 2.50. The zero-order valence-electron chi connectivity index (χ0n) is 11.7. The zero-order valence-corrected chi connectivity index (χ0v) is 11.7. The molecule has 0 aromatic carbocycles. The quantitative estimate of drug-likeness (QED) is 0.795. The summed E-state index contributed by atoms with van der Waals surface area (Å²) in [6, 6.07) is 0. The van der Waals surface area contributed by atoms with Crippen LogP contribution in [0.25, 0.3) is 0 Å². The Bertz CT molecular complexity index is 450. The van der Waals surface area contributed by atoms with Crippen molar-refractivity contribution in [3.8, 4) is 0 Å². The summed E-state index contributed by atoms with van der Waals surface area (Å²) >= 11 is 0. The van der Waals surface area contributed by atoms with E-state index in [0.29, 0.717) is 12.3 Å². The van der Waals surface area contributed by atoms with Crippen LogP contribution in [0.3, 0.4) is 0 Å². The van der Waals surface area contributed by atoms with Crippen molar-refractivity contribution in [3.63, 3.8) is 0 Å². The van der Waals surface area contributed by atoms with Crippen molar-refractivity contribution < 1.29 is 9.53 Å². The second-order valence-corrected chi connectivity index (χ2v) is 5.01. The third-order valence-corrected chi connectivity index (χ3v) is 3.59. The normalized spacial score (nSPS) is 15.9. The summed E-state index contributed by atoms with van der Waals surface area (Å²) in [4.78, 5) is 14.0. The smallest absolute Gasteiger partial charge is 0.327 e. The van der Waals surface area contributed by atoms with Gasteiger partial charge < -0.3 is 10.5 Å². The highest BCUT2D eigenvalue weighted by molar-refractivity contribution is 5.69. The van der Waals surface area contributed by atoms with Crippen molar-refractivity contribution >= 4 is 11.7 Å². The van der Waals surface area contributed by atoms with Gasteiger partial charge in [0.25, 0.3) is 0 Å². The van der Waals surface area contributed by atoms with E-state index in [2.05, 4.69) is 10.00 Å². The van der Waals surface area contributed by atoms with Gasteiger partial charge >= 0.3 is 5.97 Å². The van der Waals surface area contributed by atoms with E-state index in [0.717, 1.165) is 31.0 Å². The molecule has 1 fully saturated rings. The van der Waals surface area contributed by atoms with Gasteiger partial charge in [-0.15, -0.1) is 0 Å². The predicted octanol–water partition coefficient (Wildman–Crippen LogP) is 0.721. The van der Waals surface area contributed by atoms with Gasteiger partial charge in [-0.1, -0.05) is 0 Å². The average Bonchev–Trinajstić information content (AvgIpc) is 2.96. The van der Waals surface area contributed by atoms with Crippen molar-refractivity contribution in [2.75, 3.05) is 32.0 Å². The summed E-state index contributed by atoms with van der Waals surface area (Å²) in [6.45, 7) is 7.32. The van der Waals surface area contributed by atoms with E-state index in [4.69, 9.17) is 10.5 Å². The molecule has 1 saturated heterocycles. The lowest BCUT2D eigenvalue weighted by atomic mass is 10.3. The summed E-state index contributed by atoms with van der Waals surface area (Å²) in [5, 5.41) is 4.22. The number of aromatic nitrogens is 2. The SMILES string of the molecule is Cc1nn(CC(=O)OCCN2CCCC2)c(C)c1N. The summed E-state index contributed by atoms with van der Waals surface area (Å²) in [5.41, 5.74) is 8.03. The number of nitrogens with zero attached hydrogens (tertiary/aromatic N) is 3. The van der Waals surface area contributed by atoms with Gasteiger partial charge in [0.05, 0.1) is 17.1 Å². The number of esters is 1. The van der Waals surface area contributed by atoms with E-state index in [-0.39, 0.29) is 12.5 Å². The number of nitrogens with two attached hydrogens (primary N) is 1. The third-order valence-electron chi connectivity index (χ3n) is 3.59. The number of rotatable bonds is 5. The number of carbonyl (C=O) groups is 1. The molecule has 2 N–H and O–H groups in total. The molecule has 1 aromatic heterocycles. The molecule has 6 nitrogen and oxygen atoms in total. The zero-order chi connectivity index (χ0) is 13.8. The third kappa shape index (κ3) is 3.47. The minimum Gasteiger partial charge on any atom is -0.463 e. The Morgan fingerprint density at radius 2 is 2.05 bits per heavy atom. The monoisotopic (exact) mass is 266 g/mol. The molecule has 0 saturated carbocycles. The van der Waals surface area contributed by atoms with Gasteiger partial charge in [0.15, 0.2) is 0 Å².